The van der Waals surface area contributed by atoms with Crippen molar-refractivity contribution < 1.29 is 14.6 Å². The topological polar surface area (TPSA) is 83.2 Å². The van der Waals surface area contributed by atoms with Crippen molar-refractivity contribution in [2.24, 2.45) is 17.8 Å². The highest BCUT2D eigenvalue weighted by Crippen LogP contribution is 2.49. The Morgan fingerprint density at radius 1 is 1.28 bits per heavy atom. The molecule has 0 amide bonds. The molecule has 1 saturated carbocycles. The third-order valence-corrected chi connectivity index (χ3v) is 6.36. The molecule has 1 aliphatic carbocycles. The normalized spacial score (nSPS) is 31.3. The first kappa shape index (κ1) is 19.4. The molecule has 1 N–H and O–H groups in total. The molecule has 1 aliphatic heterocycles. The van der Waals surface area contributed by atoms with Crippen LogP contribution >= 0.6 is 0 Å². The Morgan fingerprint density at radius 2 is 2.10 bits per heavy atom. The summed E-state index contributed by atoms with van der Waals surface area (Å²) in [6.45, 7) is 4.02. The molecule has 1 aromatic carbocycles. The van der Waals surface area contributed by atoms with Crippen LogP contribution in [0.1, 0.15) is 37.9 Å². The van der Waals surface area contributed by atoms with E-state index in [0.29, 0.717) is 17.9 Å². The number of hydrogen-bond donors (Lipinski definition) is 1. The van der Waals surface area contributed by atoms with Gasteiger partial charge in [0, 0.05) is 17.7 Å². The number of allylic oxidation sites excluding steroid dienone is 1. The zero-order chi connectivity index (χ0) is 20.6. The first-order valence-corrected chi connectivity index (χ1v) is 10.0. The minimum absolute atomic E-state index is 0.0454. The van der Waals surface area contributed by atoms with Gasteiger partial charge in [-0.05, 0) is 61.4 Å². The zero-order valence-corrected chi connectivity index (χ0v) is 16.6. The van der Waals surface area contributed by atoms with Crippen molar-refractivity contribution >= 4 is 12.0 Å². The van der Waals surface area contributed by atoms with Gasteiger partial charge < -0.3 is 9.84 Å². The predicted octanol–water partition coefficient (Wildman–Crippen LogP) is 3.97. The maximum absolute atomic E-state index is 12.2. The molecule has 0 bridgehead atoms. The molecule has 2 fully saturated rings. The number of cyclic esters (lactones) is 1. The molecule has 0 radical (unpaired) electrons. The average molecular weight is 388 g/mol. The number of fused-ring (bicyclic) bond motifs is 1. The molecule has 1 aromatic heterocycles. The molecule has 4 unspecified atom stereocenters. The van der Waals surface area contributed by atoms with Gasteiger partial charge in [-0.15, -0.1) is 0 Å². The van der Waals surface area contributed by atoms with Crippen molar-refractivity contribution in [3.63, 3.8) is 0 Å². The number of carbonyl (C=O) groups excluding carboxylic acids is 1. The van der Waals surface area contributed by atoms with E-state index < -0.39 is 11.6 Å². The quantitative estimate of drug-likeness (QED) is 0.805. The minimum Gasteiger partial charge on any atom is -0.460 e. The first-order valence-electron chi connectivity index (χ1n) is 10.0. The van der Waals surface area contributed by atoms with E-state index in [1.54, 1.807) is 12.3 Å². The lowest BCUT2D eigenvalue weighted by atomic mass is 9.64. The molecule has 5 heteroatoms. The fraction of sp³-hybridized carbons (Fsp3) is 0.375. The van der Waals surface area contributed by atoms with Crippen LogP contribution in [0.15, 0.2) is 48.7 Å². The number of nitriles is 1. The van der Waals surface area contributed by atoms with Crippen molar-refractivity contribution in [1.29, 1.82) is 5.26 Å². The second-order valence-electron chi connectivity index (χ2n) is 8.18. The molecule has 29 heavy (non-hydrogen) atoms. The van der Waals surface area contributed by atoms with Crippen molar-refractivity contribution in [2.45, 2.75) is 38.4 Å². The standard InChI is InChI=1S/C24H24N2O3/c1-15-10-11-24(28)22(16(2)29-23(24)27)21(15)9-8-20-7-6-19(14-26-20)18-5-3-4-17(12-18)13-25/h3-9,12,14-16,21-22,28H,10-11H2,1-2H3/b9-8+/t15?,16-,21?,22?,24?/m1/s1. The van der Waals surface area contributed by atoms with Gasteiger partial charge in [-0.3, -0.25) is 4.98 Å². The lowest BCUT2D eigenvalue weighted by molar-refractivity contribution is -0.158. The smallest absolute Gasteiger partial charge is 0.338 e. The van der Waals surface area contributed by atoms with E-state index >= 15 is 0 Å². The predicted molar refractivity (Wildman–Crippen MR) is 109 cm³/mol. The first-order chi connectivity index (χ1) is 13.9. The van der Waals surface area contributed by atoms with Gasteiger partial charge in [0.05, 0.1) is 17.3 Å². The molecule has 1 saturated heterocycles. The lowest BCUT2D eigenvalue weighted by Gasteiger charge is -2.40. The average Bonchev–Trinajstić information content (AvgIpc) is 2.97. The number of aliphatic hydroxyl groups is 1. The second-order valence-corrected chi connectivity index (χ2v) is 8.18. The summed E-state index contributed by atoms with van der Waals surface area (Å²) >= 11 is 0. The molecule has 4 rings (SSSR count). The Balaban J connectivity index is 1.55. The van der Waals surface area contributed by atoms with Crippen molar-refractivity contribution in [2.75, 3.05) is 0 Å². The molecule has 2 aliphatic rings. The number of hydrogen-bond acceptors (Lipinski definition) is 5. The largest absolute Gasteiger partial charge is 0.460 e. The van der Waals surface area contributed by atoms with E-state index in [-0.39, 0.29) is 17.9 Å². The van der Waals surface area contributed by atoms with E-state index in [0.717, 1.165) is 23.2 Å². The van der Waals surface area contributed by atoms with Gasteiger partial charge in [0.25, 0.3) is 0 Å². The van der Waals surface area contributed by atoms with Crippen molar-refractivity contribution in [3.05, 3.63) is 59.9 Å². The highest BCUT2D eigenvalue weighted by atomic mass is 16.6. The van der Waals surface area contributed by atoms with Gasteiger partial charge in [0.15, 0.2) is 5.60 Å². The van der Waals surface area contributed by atoms with Gasteiger partial charge >= 0.3 is 5.97 Å². The summed E-state index contributed by atoms with van der Waals surface area (Å²) in [5.41, 5.74) is 1.96. The number of esters is 1. The number of rotatable bonds is 3. The molecule has 5 nitrogen and oxygen atoms in total. The van der Waals surface area contributed by atoms with Crippen LogP contribution in [0.2, 0.25) is 0 Å². The Bertz CT molecular complexity index is 992. The summed E-state index contributed by atoms with van der Waals surface area (Å²) in [6, 6.07) is 13.5. The molecule has 148 valence electrons. The van der Waals surface area contributed by atoms with Crippen LogP contribution < -0.4 is 0 Å². The highest BCUT2D eigenvalue weighted by Gasteiger charge is 2.59. The van der Waals surface area contributed by atoms with Gasteiger partial charge in [0.2, 0.25) is 0 Å². The third-order valence-electron chi connectivity index (χ3n) is 6.36. The number of pyridine rings is 1. The van der Waals surface area contributed by atoms with Crippen LogP contribution in [0.25, 0.3) is 17.2 Å². The maximum atomic E-state index is 12.2. The van der Waals surface area contributed by atoms with E-state index in [4.69, 9.17) is 10.00 Å². The molecular formula is C24H24N2O3. The minimum atomic E-state index is -1.37. The van der Waals surface area contributed by atoms with Crippen molar-refractivity contribution in [1.82, 2.24) is 4.98 Å². The van der Waals surface area contributed by atoms with Crippen LogP contribution in [-0.4, -0.2) is 27.8 Å². The van der Waals surface area contributed by atoms with E-state index in [9.17, 15) is 9.90 Å². The third kappa shape index (κ3) is 3.45. The van der Waals surface area contributed by atoms with Crippen LogP contribution in [0.5, 0.6) is 0 Å². The van der Waals surface area contributed by atoms with Gasteiger partial charge in [0.1, 0.15) is 6.10 Å². The van der Waals surface area contributed by atoms with Crippen LogP contribution in [0, 0.1) is 29.1 Å². The summed E-state index contributed by atoms with van der Waals surface area (Å²) in [7, 11) is 0. The Kier molecular flexibility index (Phi) is 4.97. The monoisotopic (exact) mass is 388 g/mol. The van der Waals surface area contributed by atoms with E-state index in [2.05, 4.69) is 24.1 Å². The maximum Gasteiger partial charge on any atom is 0.338 e. The Hall–Kier alpha value is -2.97. The molecule has 2 heterocycles. The SMILES string of the molecule is CC1CCC2(O)C(=O)O[C@H](C)C2C1/C=C/c1ccc(-c2cccc(C#N)c2)cn1. The van der Waals surface area contributed by atoms with Crippen LogP contribution in [0.3, 0.4) is 0 Å². The molecular weight excluding hydrogens is 364 g/mol. The fourth-order valence-electron chi connectivity index (χ4n) is 4.72. The molecule has 2 aromatic rings. The summed E-state index contributed by atoms with van der Waals surface area (Å²) in [4.78, 5) is 16.7. The number of nitrogens with zero attached hydrogens (tertiary/aromatic N) is 2. The Morgan fingerprint density at radius 3 is 2.83 bits per heavy atom. The van der Waals surface area contributed by atoms with Crippen molar-refractivity contribution in [3.8, 4) is 17.2 Å². The highest BCUT2D eigenvalue weighted by molar-refractivity contribution is 5.82. The summed E-state index contributed by atoms with van der Waals surface area (Å²) in [6.07, 6.45) is 6.76. The number of ether oxygens (including phenoxy) is 1. The number of aromatic nitrogens is 1. The lowest BCUT2D eigenvalue weighted by Crippen LogP contribution is -2.50. The fourth-order valence-corrected chi connectivity index (χ4v) is 4.72. The van der Waals surface area contributed by atoms with E-state index in [1.165, 1.54) is 0 Å². The summed E-state index contributed by atoms with van der Waals surface area (Å²) < 4.78 is 5.36. The van der Waals surface area contributed by atoms with Gasteiger partial charge in [-0.2, -0.15) is 5.26 Å². The van der Waals surface area contributed by atoms with Crippen LogP contribution in [0.4, 0.5) is 0 Å². The zero-order valence-electron chi connectivity index (χ0n) is 16.6. The molecule has 0 spiro atoms. The Labute approximate surface area is 170 Å². The number of carbonyl (C=O) groups is 1. The molecule has 5 atom stereocenters. The number of benzene rings is 1. The summed E-state index contributed by atoms with van der Waals surface area (Å²) in [5, 5.41) is 20.0. The van der Waals surface area contributed by atoms with Gasteiger partial charge in [-0.25, -0.2) is 4.79 Å². The van der Waals surface area contributed by atoms with Gasteiger partial charge in [-0.1, -0.05) is 31.2 Å². The van der Waals surface area contributed by atoms with E-state index in [1.807, 2.05) is 43.3 Å². The van der Waals surface area contributed by atoms with Crippen LogP contribution in [-0.2, 0) is 9.53 Å². The summed E-state index contributed by atoms with van der Waals surface area (Å²) in [5.74, 6) is -0.323. The second kappa shape index (κ2) is 7.46.